The molecule has 0 saturated carbocycles. The van der Waals surface area contributed by atoms with Gasteiger partial charge in [0.2, 0.25) is 0 Å². The Hall–Kier alpha value is 0.589. The van der Waals surface area contributed by atoms with E-state index in [9.17, 15) is 8.60 Å². The molecule has 0 aromatic carbocycles. The van der Waals surface area contributed by atoms with Gasteiger partial charge in [0.1, 0.15) is 0 Å². The molecule has 0 fully saturated rings. The summed E-state index contributed by atoms with van der Waals surface area (Å²) in [6, 6.07) is 0. The van der Waals surface area contributed by atoms with E-state index in [1.165, 1.54) is 0 Å². The Kier molecular flexibility index (Phi) is 2.14. The molecular formula is F3Sn. The van der Waals surface area contributed by atoms with Crippen LogP contribution in [-0.4, -0.2) is 21.5 Å². The van der Waals surface area contributed by atoms with Crippen LogP contribution >= 0.6 is 0 Å². The molecule has 0 unspecified atom stereocenters. The van der Waals surface area contributed by atoms with Crippen LogP contribution in [0.15, 0.2) is 0 Å². The molecule has 0 rings (SSSR count). The zero-order chi connectivity index (χ0) is 3.58. The van der Waals surface area contributed by atoms with Crippen molar-refractivity contribution in [1.29, 1.82) is 0 Å². The maximum absolute atomic E-state index is 9.86. The van der Waals surface area contributed by atoms with Gasteiger partial charge < -0.3 is 0 Å². The Balaban J connectivity index is 2.32. The van der Waals surface area contributed by atoms with Gasteiger partial charge in [-0.3, -0.25) is 0 Å². The maximum atomic E-state index is 9.86. The number of hydrogen-bond acceptors (Lipinski definition) is 0. The molecule has 0 amide bonds. The van der Waals surface area contributed by atoms with Gasteiger partial charge in [0, 0.05) is 0 Å². The number of rotatable bonds is 0. The van der Waals surface area contributed by atoms with Crippen molar-refractivity contribution >= 4 is 21.5 Å². The zero-order valence-corrected chi connectivity index (χ0v) is 4.49. The number of halogens is 3. The third-order valence-electron chi connectivity index (χ3n) is 0. The summed E-state index contributed by atoms with van der Waals surface area (Å²) in [5.74, 6) is 0. The van der Waals surface area contributed by atoms with Crippen molar-refractivity contribution in [3.05, 3.63) is 0 Å². The second-order valence-corrected chi connectivity index (χ2v) is 1.44. The van der Waals surface area contributed by atoms with Crippen LogP contribution in [0.3, 0.4) is 0 Å². The van der Waals surface area contributed by atoms with Crippen molar-refractivity contribution in [2.24, 2.45) is 0 Å². The summed E-state index contributed by atoms with van der Waals surface area (Å²) in [5, 5.41) is 0. The average molecular weight is 176 g/mol. The normalized spacial score (nSPS) is 9.00. The fourth-order valence-corrected chi connectivity index (χ4v) is 0. The summed E-state index contributed by atoms with van der Waals surface area (Å²) >= 11 is -5.04. The van der Waals surface area contributed by atoms with Gasteiger partial charge >= 0.3 is 30.1 Å². The first-order valence-corrected chi connectivity index (χ1v) is 3.80. The van der Waals surface area contributed by atoms with Crippen LogP contribution in [0.4, 0.5) is 8.60 Å². The Bertz CT molecular complexity index is 8.00. The molecule has 0 spiro atoms. The predicted molar refractivity (Wildman–Crippen MR) is 9.08 cm³/mol. The third-order valence-corrected chi connectivity index (χ3v) is 0. The van der Waals surface area contributed by atoms with Crippen molar-refractivity contribution in [3.8, 4) is 0 Å². The van der Waals surface area contributed by atoms with Crippen LogP contribution in [0.2, 0.25) is 0 Å². The van der Waals surface area contributed by atoms with Crippen LogP contribution in [0.5, 0.6) is 0 Å². The standard InChI is InChI=1S/3FH.Sn/h3*1H;/q;;;+3/p-3. The van der Waals surface area contributed by atoms with E-state index in [-0.39, 0.29) is 0 Å². The van der Waals surface area contributed by atoms with E-state index in [2.05, 4.69) is 0 Å². The van der Waals surface area contributed by atoms with Crippen molar-refractivity contribution in [2.75, 3.05) is 0 Å². The van der Waals surface area contributed by atoms with E-state index in [1.54, 1.807) is 0 Å². The van der Waals surface area contributed by atoms with Gasteiger partial charge in [-0.2, -0.15) is 0 Å². The second-order valence-electron chi connectivity index (χ2n) is 0.214. The van der Waals surface area contributed by atoms with Gasteiger partial charge in [-0.15, -0.1) is 0 Å². The van der Waals surface area contributed by atoms with Crippen molar-refractivity contribution in [2.45, 2.75) is 0 Å². The van der Waals surface area contributed by atoms with E-state index >= 15 is 0 Å². The minimum absolute atomic E-state index is 5.04. The molecule has 0 aliphatic heterocycles. The Morgan fingerprint density at radius 3 is 1.00 bits per heavy atom. The van der Waals surface area contributed by atoms with Gasteiger partial charge in [0.15, 0.2) is 0 Å². The average Bonchev–Trinajstić information content (AvgIpc) is 0.811. The van der Waals surface area contributed by atoms with Crippen LogP contribution in [0.1, 0.15) is 0 Å². The molecule has 0 N–H and O–H groups in total. The third kappa shape index (κ3) is 18.9. The van der Waals surface area contributed by atoms with E-state index in [4.69, 9.17) is 0 Å². The SMILES string of the molecule is [F][Sn]([F])[F]. The topological polar surface area (TPSA) is 0 Å². The predicted octanol–water partition coefficient (Wildman–Crippen LogP) is 0.880. The molecule has 0 heterocycles. The molecule has 0 nitrogen and oxygen atoms in total. The first-order chi connectivity index (χ1) is 1.73. The van der Waals surface area contributed by atoms with Crippen LogP contribution < -0.4 is 0 Å². The zero-order valence-electron chi connectivity index (χ0n) is 1.63. The van der Waals surface area contributed by atoms with Crippen molar-refractivity contribution < 1.29 is 8.60 Å². The summed E-state index contributed by atoms with van der Waals surface area (Å²) in [5.41, 5.74) is 0. The molecule has 0 atom stereocenters. The van der Waals surface area contributed by atoms with Gasteiger partial charge in [0.25, 0.3) is 0 Å². The summed E-state index contributed by atoms with van der Waals surface area (Å²) in [6.45, 7) is 0. The van der Waals surface area contributed by atoms with Gasteiger partial charge in [0.05, 0.1) is 0 Å². The summed E-state index contributed by atoms with van der Waals surface area (Å²) in [6.07, 6.45) is 0. The molecule has 25 valence electrons. The first-order valence-electron chi connectivity index (χ1n) is 0.567. The van der Waals surface area contributed by atoms with Gasteiger partial charge in [-0.25, -0.2) is 0 Å². The number of hydrogen-bond donors (Lipinski definition) is 0. The molecule has 4 heavy (non-hydrogen) atoms. The quantitative estimate of drug-likeness (QED) is 0.480. The summed E-state index contributed by atoms with van der Waals surface area (Å²) in [4.78, 5) is 0. The van der Waals surface area contributed by atoms with Crippen molar-refractivity contribution in [3.63, 3.8) is 0 Å². The molecule has 0 bridgehead atoms. The van der Waals surface area contributed by atoms with Crippen LogP contribution in [-0.2, 0) is 0 Å². The van der Waals surface area contributed by atoms with Crippen molar-refractivity contribution in [1.82, 2.24) is 0 Å². The van der Waals surface area contributed by atoms with E-state index in [1.807, 2.05) is 0 Å². The first kappa shape index (κ1) is 4.59. The Morgan fingerprint density at radius 2 is 1.00 bits per heavy atom. The molecule has 0 aliphatic rings. The Morgan fingerprint density at radius 1 is 1.00 bits per heavy atom. The second kappa shape index (κ2) is 1.87. The van der Waals surface area contributed by atoms with Crippen LogP contribution in [0.25, 0.3) is 0 Å². The van der Waals surface area contributed by atoms with Gasteiger partial charge in [-0.05, 0) is 0 Å². The van der Waals surface area contributed by atoms with E-state index < -0.39 is 21.5 Å². The molecule has 0 aliphatic carbocycles. The molecule has 4 heteroatoms. The van der Waals surface area contributed by atoms with Gasteiger partial charge in [-0.1, -0.05) is 0 Å². The molecule has 1 radical (unpaired) electrons. The molecule has 0 aromatic heterocycles. The molecular weight excluding hydrogens is 176 g/mol. The monoisotopic (exact) mass is 177 g/mol. The Labute approximate surface area is 30.7 Å². The molecule has 0 aromatic rings. The minimum atomic E-state index is -5.04. The fourth-order valence-electron chi connectivity index (χ4n) is 0. The van der Waals surface area contributed by atoms with E-state index in [0.29, 0.717) is 0 Å². The summed E-state index contributed by atoms with van der Waals surface area (Å²) in [7, 11) is 0. The fraction of sp³-hybridized carbons (Fsp3) is 0. The molecule has 0 saturated heterocycles. The van der Waals surface area contributed by atoms with E-state index in [0.717, 1.165) is 0 Å². The summed E-state index contributed by atoms with van der Waals surface area (Å²) < 4.78 is 29.6. The van der Waals surface area contributed by atoms with Crippen LogP contribution in [0, 0.1) is 0 Å².